The lowest BCUT2D eigenvalue weighted by molar-refractivity contribution is 0.629. The highest BCUT2D eigenvalue weighted by atomic mass is 16.1. The maximum Gasteiger partial charge on any atom is 0.207 e. The van der Waals surface area contributed by atoms with Gasteiger partial charge in [0.15, 0.2) is 0 Å². The predicted molar refractivity (Wildman–Crippen MR) is 61.2 cm³/mol. The fraction of sp³-hybridized carbons (Fsp3) is 0.231. The summed E-state index contributed by atoms with van der Waals surface area (Å²) in [7, 11) is 0. The molecule has 1 aliphatic rings. The van der Waals surface area contributed by atoms with Gasteiger partial charge in [-0.3, -0.25) is 4.79 Å². The molecule has 1 aromatic carbocycles. The first-order valence-corrected chi connectivity index (χ1v) is 5.36. The second kappa shape index (κ2) is 3.21. The number of nitrogens with zero attached hydrogens (tertiary/aromatic N) is 2. The van der Waals surface area contributed by atoms with Crippen LogP contribution < -0.4 is 5.43 Å². The molecular weight excluding hydrogens is 200 g/mol. The summed E-state index contributed by atoms with van der Waals surface area (Å²) in [6.07, 6.45) is 3.77. The Kier molecular flexibility index (Phi) is 1.84. The molecule has 0 N–H and O–H groups in total. The first-order valence-electron chi connectivity index (χ1n) is 5.36. The molecule has 0 saturated heterocycles. The number of para-hydroxylation sites is 1. The van der Waals surface area contributed by atoms with E-state index in [0.29, 0.717) is 5.39 Å². The average molecular weight is 210 g/mol. The van der Waals surface area contributed by atoms with Crippen LogP contribution in [0.2, 0.25) is 0 Å². The molecule has 0 saturated carbocycles. The fourth-order valence-electron chi connectivity index (χ4n) is 2.44. The molecule has 0 spiro atoms. The Labute approximate surface area is 92.6 Å². The Bertz CT molecular complexity index is 677. The number of hydrogen-bond acceptors (Lipinski definition) is 2. The van der Waals surface area contributed by atoms with Gasteiger partial charge in [-0.15, -0.1) is 0 Å². The van der Waals surface area contributed by atoms with E-state index in [1.807, 2.05) is 22.8 Å². The molecule has 0 fully saturated rings. The SMILES string of the molecule is N#Cc1cn2c3c(cccc3c1=O)CCC2. The van der Waals surface area contributed by atoms with E-state index < -0.39 is 0 Å². The number of benzene rings is 1. The van der Waals surface area contributed by atoms with E-state index in [1.54, 1.807) is 6.20 Å². The van der Waals surface area contributed by atoms with Crippen molar-refractivity contribution in [3.63, 3.8) is 0 Å². The lowest BCUT2D eigenvalue weighted by atomic mass is 10.00. The lowest BCUT2D eigenvalue weighted by Crippen LogP contribution is -2.17. The maximum atomic E-state index is 12.0. The molecule has 0 atom stereocenters. The van der Waals surface area contributed by atoms with E-state index in [4.69, 9.17) is 5.26 Å². The molecule has 3 rings (SSSR count). The molecule has 2 heterocycles. The quantitative estimate of drug-likeness (QED) is 0.665. The van der Waals surface area contributed by atoms with Crippen LogP contribution in [0.5, 0.6) is 0 Å². The number of rotatable bonds is 0. The summed E-state index contributed by atoms with van der Waals surface area (Å²) in [5.74, 6) is 0. The van der Waals surface area contributed by atoms with Crippen molar-refractivity contribution in [2.24, 2.45) is 0 Å². The van der Waals surface area contributed by atoms with Crippen LogP contribution in [-0.4, -0.2) is 4.57 Å². The molecule has 78 valence electrons. The van der Waals surface area contributed by atoms with Crippen LogP contribution in [-0.2, 0) is 13.0 Å². The number of aromatic nitrogens is 1. The summed E-state index contributed by atoms with van der Waals surface area (Å²) < 4.78 is 2.04. The third-order valence-electron chi connectivity index (χ3n) is 3.15. The number of nitriles is 1. The van der Waals surface area contributed by atoms with Crippen LogP contribution in [0.25, 0.3) is 10.9 Å². The van der Waals surface area contributed by atoms with Gasteiger partial charge in [-0.05, 0) is 24.5 Å². The Hall–Kier alpha value is -2.08. The van der Waals surface area contributed by atoms with E-state index in [1.165, 1.54) is 5.56 Å². The standard InChI is InChI=1S/C13H10N2O/c14-7-10-8-15-6-2-4-9-3-1-5-11(12(9)15)13(10)16/h1,3,5,8H,2,4,6H2. The molecule has 3 heteroatoms. The fourth-order valence-corrected chi connectivity index (χ4v) is 2.44. The summed E-state index contributed by atoms with van der Waals surface area (Å²) in [4.78, 5) is 12.0. The highest BCUT2D eigenvalue weighted by molar-refractivity contribution is 5.83. The van der Waals surface area contributed by atoms with Crippen LogP contribution >= 0.6 is 0 Å². The van der Waals surface area contributed by atoms with Gasteiger partial charge in [0, 0.05) is 18.1 Å². The minimum atomic E-state index is -0.141. The third-order valence-corrected chi connectivity index (χ3v) is 3.15. The molecule has 2 aromatic rings. The van der Waals surface area contributed by atoms with Crippen molar-refractivity contribution in [2.75, 3.05) is 0 Å². The molecule has 1 aromatic heterocycles. The number of pyridine rings is 1. The zero-order valence-corrected chi connectivity index (χ0v) is 8.73. The van der Waals surface area contributed by atoms with E-state index in [9.17, 15) is 4.79 Å². The molecule has 0 amide bonds. The van der Waals surface area contributed by atoms with Gasteiger partial charge < -0.3 is 4.57 Å². The lowest BCUT2D eigenvalue weighted by Gasteiger charge is -2.19. The third kappa shape index (κ3) is 1.10. The van der Waals surface area contributed by atoms with Crippen LogP contribution in [0.3, 0.4) is 0 Å². The number of hydrogen-bond donors (Lipinski definition) is 0. The predicted octanol–water partition coefficient (Wildman–Crippen LogP) is 1.82. The summed E-state index contributed by atoms with van der Waals surface area (Å²) in [5, 5.41) is 9.60. The van der Waals surface area contributed by atoms with Gasteiger partial charge in [0.2, 0.25) is 5.43 Å². The van der Waals surface area contributed by atoms with Crippen molar-refractivity contribution in [3.8, 4) is 6.07 Å². The topological polar surface area (TPSA) is 45.8 Å². The smallest absolute Gasteiger partial charge is 0.207 e. The minimum Gasteiger partial charge on any atom is -0.346 e. The second-order valence-corrected chi connectivity index (χ2v) is 4.09. The first-order chi connectivity index (χ1) is 7.81. The van der Waals surface area contributed by atoms with Gasteiger partial charge in [0.05, 0.1) is 5.52 Å². The molecule has 1 aliphatic heterocycles. The Balaban J connectivity index is 2.56. The average Bonchev–Trinajstić information content (AvgIpc) is 2.33. The number of aryl methyl sites for hydroxylation is 2. The summed E-state index contributed by atoms with van der Waals surface area (Å²) >= 11 is 0. The highest BCUT2D eigenvalue weighted by Crippen LogP contribution is 2.23. The van der Waals surface area contributed by atoms with E-state index in [2.05, 4.69) is 6.07 Å². The zero-order valence-electron chi connectivity index (χ0n) is 8.73. The van der Waals surface area contributed by atoms with Gasteiger partial charge in [0.25, 0.3) is 0 Å². The van der Waals surface area contributed by atoms with Gasteiger partial charge in [-0.2, -0.15) is 5.26 Å². The Morgan fingerprint density at radius 1 is 1.38 bits per heavy atom. The summed E-state index contributed by atoms with van der Waals surface area (Å²) in [5.41, 5.74) is 2.33. The van der Waals surface area contributed by atoms with Gasteiger partial charge >= 0.3 is 0 Å². The molecule has 0 aliphatic carbocycles. The van der Waals surface area contributed by atoms with E-state index >= 15 is 0 Å². The Morgan fingerprint density at radius 3 is 3.06 bits per heavy atom. The van der Waals surface area contributed by atoms with Crippen LogP contribution in [0, 0.1) is 11.3 Å². The van der Waals surface area contributed by atoms with Crippen LogP contribution in [0.4, 0.5) is 0 Å². The molecular formula is C13H10N2O. The van der Waals surface area contributed by atoms with Crippen molar-refractivity contribution < 1.29 is 0 Å². The van der Waals surface area contributed by atoms with Gasteiger partial charge in [-0.25, -0.2) is 0 Å². The van der Waals surface area contributed by atoms with Crippen molar-refractivity contribution >= 4 is 10.9 Å². The van der Waals surface area contributed by atoms with Crippen LogP contribution in [0.15, 0.2) is 29.2 Å². The molecule has 16 heavy (non-hydrogen) atoms. The van der Waals surface area contributed by atoms with Crippen LogP contribution in [0.1, 0.15) is 17.5 Å². The van der Waals surface area contributed by atoms with E-state index in [-0.39, 0.29) is 11.0 Å². The van der Waals surface area contributed by atoms with Crippen molar-refractivity contribution in [3.05, 3.63) is 45.7 Å². The maximum absolute atomic E-state index is 12.0. The largest absolute Gasteiger partial charge is 0.346 e. The van der Waals surface area contributed by atoms with Gasteiger partial charge in [0.1, 0.15) is 11.6 Å². The summed E-state index contributed by atoms with van der Waals surface area (Å²) in [6, 6.07) is 7.74. The minimum absolute atomic E-state index is 0.141. The first kappa shape index (κ1) is 9.17. The van der Waals surface area contributed by atoms with Crippen molar-refractivity contribution in [2.45, 2.75) is 19.4 Å². The van der Waals surface area contributed by atoms with Crippen molar-refractivity contribution in [1.29, 1.82) is 5.26 Å². The summed E-state index contributed by atoms with van der Waals surface area (Å²) in [6.45, 7) is 0.891. The molecule has 0 unspecified atom stereocenters. The van der Waals surface area contributed by atoms with E-state index in [0.717, 1.165) is 24.9 Å². The monoisotopic (exact) mass is 210 g/mol. The normalized spacial score (nSPS) is 13.7. The van der Waals surface area contributed by atoms with Gasteiger partial charge in [-0.1, -0.05) is 12.1 Å². The molecule has 0 bridgehead atoms. The second-order valence-electron chi connectivity index (χ2n) is 4.09. The molecule has 0 radical (unpaired) electrons. The Morgan fingerprint density at radius 2 is 2.25 bits per heavy atom. The highest BCUT2D eigenvalue weighted by Gasteiger charge is 2.14. The zero-order chi connectivity index (χ0) is 11.1. The van der Waals surface area contributed by atoms with Crippen molar-refractivity contribution in [1.82, 2.24) is 4.57 Å². The molecule has 3 nitrogen and oxygen atoms in total.